The maximum absolute atomic E-state index is 3.95. The van der Waals surface area contributed by atoms with Crippen LogP contribution >= 0.6 is 109 Å². The molecule has 0 amide bonds. The van der Waals surface area contributed by atoms with Gasteiger partial charge in [-0.15, -0.1) is 45.3 Å². The second-order valence-corrected chi connectivity index (χ2v) is 15.0. The van der Waals surface area contributed by atoms with Crippen molar-refractivity contribution in [3.05, 3.63) is 65.4 Å². The first kappa shape index (κ1) is 22.4. The van der Waals surface area contributed by atoms with Crippen molar-refractivity contribution < 1.29 is 0 Å². The molecule has 6 rings (SSSR count). The third-order valence-corrected chi connectivity index (χ3v) is 15.4. The minimum atomic E-state index is 1.19. The third-order valence-electron chi connectivity index (χ3n) is 5.39. The minimum absolute atomic E-state index is 1.19. The number of hydrogen-bond acceptors (Lipinski definition) is 4. The van der Waals surface area contributed by atoms with Crippen LogP contribution in [-0.4, -0.2) is 0 Å². The van der Waals surface area contributed by atoms with Crippen LogP contribution in [0.4, 0.5) is 0 Å². The highest BCUT2D eigenvalue weighted by atomic mass is 79.9. The zero-order valence-electron chi connectivity index (χ0n) is 16.6. The Morgan fingerprint density at radius 2 is 0.875 bits per heavy atom. The molecule has 0 bridgehead atoms. The number of thiophene rings is 4. The van der Waals surface area contributed by atoms with Crippen LogP contribution in [0, 0.1) is 13.8 Å². The second kappa shape index (κ2) is 8.26. The number of benzene rings is 2. The van der Waals surface area contributed by atoms with Gasteiger partial charge in [-0.2, -0.15) is 0 Å². The van der Waals surface area contributed by atoms with Crippen LogP contribution in [0.1, 0.15) is 11.1 Å². The van der Waals surface area contributed by atoms with Gasteiger partial charge in [-0.3, -0.25) is 0 Å². The van der Waals surface area contributed by atoms with Crippen molar-refractivity contribution in [2.45, 2.75) is 13.8 Å². The minimum Gasteiger partial charge on any atom is -0.133 e. The van der Waals surface area contributed by atoms with E-state index < -0.39 is 0 Å². The smallest absolute Gasteiger partial charge is 0.0618 e. The zero-order chi connectivity index (χ0) is 22.3. The van der Waals surface area contributed by atoms with E-state index >= 15 is 0 Å². The molecule has 0 aliphatic rings. The highest BCUT2D eigenvalue weighted by Crippen LogP contribution is 2.57. The average Bonchev–Trinajstić information content (AvgIpc) is 3.45. The quantitative estimate of drug-likeness (QED) is 0.165. The fourth-order valence-electron chi connectivity index (χ4n) is 3.81. The molecule has 0 fully saturated rings. The lowest BCUT2D eigenvalue weighted by Crippen LogP contribution is -1.71. The second-order valence-electron chi connectivity index (χ2n) is 7.64. The van der Waals surface area contributed by atoms with Crippen LogP contribution in [0.2, 0.25) is 0 Å². The van der Waals surface area contributed by atoms with Gasteiger partial charge in [-0.25, -0.2) is 0 Å². The molecule has 0 saturated heterocycles. The van der Waals surface area contributed by atoms with Crippen LogP contribution in [-0.2, 0) is 0 Å². The van der Waals surface area contributed by atoms with Crippen LogP contribution < -0.4 is 0 Å². The fourth-order valence-corrected chi connectivity index (χ4v) is 13.3. The summed E-state index contributed by atoms with van der Waals surface area (Å²) in [6, 6.07) is 13.3. The van der Waals surface area contributed by atoms with Crippen molar-refractivity contribution in [3.8, 4) is 19.5 Å². The van der Waals surface area contributed by atoms with Gasteiger partial charge >= 0.3 is 0 Å². The lowest BCUT2D eigenvalue weighted by atomic mass is 10.2. The van der Waals surface area contributed by atoms with E-state index in [2.05, 4.69) is 114 Å². The van der Waals surface area contributed by atoms with E-state index in [4.69, 9.17) is 0 Å². The first-order valence-corrected chi connectivity index (χ1v) is 16.1. The van der Waals surface area contributed by atoms with Gasteiger partial charge in [0.25, 0.3) is 0 Å². The summed E-state index contributed by atoms with van der Waals surface area (Å²) in [5, 5.41) is 2.56. The van der Waals surface area contributed by atoms with E-state index in [1.165, 1.54) is 78.1 Å². The molecule has 6 aromatic rings. The first-order chi connectivity index (χ1) is 15.3. The summed E-state index contributed by atoms with van der Waals surface area (Å²) in [6.07, 6.45) is 0. The molecule has 8 heteroatoms. The highest BCUT2D eigenvalue weighted by molar-refractivity contribution is 9.11. The van der Waals surface area contributed by atoms with Gasteiger partial charge in [0.15, 0.2) is 0 Å². The predicted octanol–water partition coefficient (Wildman–Crippen LogP) is 12.4. The number of fused-ring (bicyclic) bond motifs is 3. The van der Waals surface area contributed by atoms with E-state index in [-0.39, 0.29) is 0 Å². The fraction of sp³-hybridized carbons (Fsp3) is 0.0833. The Morgan fingerprint density at radius 1 is 0.500 bits per heavy atom. The van der Waals surface area contributed by atoms with Crippen LogP contribution in [0.3, 0.4) is 0 Å². The largest absolute Gasteiger partial charge is 0.133 e. The van der Waals surface area contributed by atoms with Gasteiger partial charge in [0.05, 0.1) is 37.9 Å². The summed E-state index contributed by atoms with van der Waals surface area (Å²) in [5.41, 5.74) is 2.58. The Balaban J connectivity index is 1.54. The van der Waals surface area contributed by atoms with E-state index in [9.17, 15) is 0 Å². The maximum atomic E-state index is 3.95. The number of hydrogen-bond donors (Lipinski definition) is 0. The Labute approximate surface area is 234 Å². The molecule has 0 atom stereocenters. The van der Waals surface area contributed by atoms with Gasteiger partial charge in [0.2, 0.25) is 0 Å². The molecule has 0 aliphatic heterocycles. The molecule has 0 saturated carbocycles. The van der Waals surface area contributed by atoms with E-state index in [0.717, 1.165) is 0 Å². The summed E-state index contributed by atoms with van der Waals surface area (Å²) in [4.78, 5) is 5.15. The molecule has 32 heavy (non-hydrogen) atoms. The number of rotatable bonds is 2. The van der Waals surface area contributed by atoms with E-state index in [1.807, 2.05) is 45.3 Å². The van der Waals surface area contributed by atoms with Crippen LogP contribution in [0.5, 0.6) is 0 Å². The average molecular weight is 748 g/mol. The van der Waals surface area contributed by atoms with Gasteiger partial charge in [-0.1, -0.05) is 24.3 Å². The molecule has 4 aromatic heterocycles. The zero-order valence-corrected chi connectivity index (χ0v) is 26.2. The predicted molar refractivity (Wildman–Crippen MR) is 162 cm³/mol. The molecule has 2 aromatic carbocycles. The Morgan fingerprint density at radius 3 is 1.28 bits per heavy atom. The van der Waals surface area contributed by atoms with Crippen molar-refractivity contribution in [3.63, 3.8) is 0 Å². The molecule has 0 unspecified atom stereocenters. The maximum Gasteiger partial charge on any atom is 0.0618 e. The van der Waals surface area contributed by atoms with Crippen molar-refractivity contribution in [2.75, 3.05) is 0 Å². The highest BCUT2D eigenvalue weighted by Gasteiger charge is 2.25. The topological polar surface area (TPSA) is 0 Å². The lowest BCUT2D eigenvalue weighted by Gasteiger charge is -1.98. The summed E-state index contributed by atoms with van der Waals surface area (Å²) in [7, 11) is 0. The first-order valence-electron chi connectivity index (χ1n) is 9.61. The third kappa shape index (κ3) is 3.40. The SMILES string of the molecule is Cc1ccc2c(Br)c(-c3sc4c(Br)c(-c5sc6cc(C)ccc6c5Br)sc4c3Br)sc2c1. The molecule has 0 spiro atoms. The molecule has 0 aliphatic carbocycles. The molecule has 0 nitrogen and oxygen atoms in total. The summed E-state index contributed by atoms with van der Waals surface area (Å²) < 4.78 is 9.98. The van der Waals surface area contributed by atoms with Crippen molar-refractivity contribution in [2.24, 2.45) is 0 Å². The number of halogens is 4. The van der Waals surface area contributed by atoms with Crippen LogP contribution in [0.15, 0.2) is 54.3 Å². The lowest BCUT2D eigenvalue weighted by molar-refractivity contribution is 1.52. The van der Waals surface area contributed by atoms with Gasteiger partial charge in [-0.05, 0) is 101 Å². The molecule has 4 heterocycles. The van der Waals surface area contributed by atoms with Gasteiger partial charge in [0.1, 0.15) is 0 Å². The number of aryl methyl sites for hydroxylation is 2. The molecular formula is C24H12Br4S4. The van der Waals surface area contributed by atoms with Gasteiger partial charge < -0.3 is 0 Å². The molecular weight excluding hydrogens is 736 g/mol. The monoisotopic (exact) mass is 744 g/mol. The standard InChI is InChI=1S/C24H12Br4S4/c1-9-3-5-11-13(7-9)29-19(15(11)25)21-17(27)23-24(31-21)18(28)22(32-23)20-16(26)12-6-4-10(2)8-14(12)30-20/h3-8H,1-2H3. The van der Waals surface area contributed by atoms with Crippen molar-refractivity contribution >= 4 is 139 Å². The van der Waals surface area contributed by atoms with Gasteiger partial charge in [0, 0.05) is 29.1 Å². The van der Waals surface area contributed by atoms with E-state index in [1.54, 1.807) is 0 Å². The Kier molecular flexibility index (Phi) is 5.78. The normalized spacial score (nSPS) is 12.1. The summed E-state index contributed by atoms with van der Waals surface area (Å²) in [5.74, 6) is 0. The molecule has 0 N–H and O–H groups in total. The Bertz CT molecular complexity index is 1570. The van der Waals surface area contributed by atoms with Crippen molar-refractivity contribution in [1.29, 1.82) is 0 Å². The summed E-state index contributed by atoms with van der Waals surface area (Å²) >= 11 is 23.1. The van der Waals surface area contributed by atoms with Crippen molar-refractivity contribution in [1.82, 2.24) is 0 Å². The summed E-state index contributed by atoms with van der Waals surface area (Å²) in [6.45, 7) is 4.30. The van der Waals surface area contributed by atoms with E-state index in [0.29, 0.717) is 0 Å². The van der Waals surface area contributed by atoms with Crippen LogP contribution in [0.25, 0.3) is 49.1 Å². The molecule has 0 radical (unpaired) electrons. The molecule has 160 valence electrons. The Hall–Kier alpha value is -0.0600.